The largest absolute Gasteiger partial charge is 0.410 e. The Morgan fingerprint density at radius 1 is 1.26 bits per heavy atom. The van der Waals surface area contributed by atoms with Crippen molar-refractivity contribution in [2.24, 2.45) is 5.16 Å². The van der Waals surface area contributed by atoms with Gasteiger partial charge in [0.1, 0.15) is 0 Å². The Balaban J connectivity index is 2.06. The van der Waals surface area contributed by atoms with Crippen molar-refractivity contribution in [3.05, 3.63) is 69.3 Å². The molecule has 0 fully saturated rings. The molecule has 0 atom stereocenters. The van der Waals surface area contributed by atoms with Crippen molar-refractivity contribution in [2.75, 3.05) is 4.90 Å². The van der Waals surface area contributed by atoms with E-state index in [1.807, 2.05) is 13.0 Å². The Morgan fingerprint density at radius 3 is 2.70 bits per heavy atom. The first-order valence-corrected chi connectivity index (χ1v) is 6.90. The van der Waals surface area contributed by atoms with E-state index in [4.69, 9.17) is 5.21 Å². The van der Waals surface area contributed by atoms with E-state index in [1.165, 1.54) is 11.0 Å². The average Bonchev–Trinajstić information content (AvgIpc) is 2.78. The number of hydrogen-bond donors (Lipinski definition) is 1. The Morgan fingerprint density at radius 2 is 2.00 bits per heavy atom. The van der Waals surface area contributed by atoms with Crippen LogP contribution in [0.3, 0.4) is 0 Å². The van der Waals surface area contributed by atoms with E-state index in [2.05, 4.69) is 5.16 Å². The fourth-order valence-electron chi connectivity index (χ4n) is 2.67. The molecule has 2 aromatic carbocycles. The molecule has 1 heterocycles. The molecule has 116 valence electrons. The number of carbonyl (C=O) groups is 1. The van der Waals surface area contributed by atoms with Crippen LogP contribution in [-0.2, 0) is 11.3 Å². The van der Waals surface area contributed by atoms with E-state index in [-0.39, 0.29) is 17.9 Å². The smallest absolute Gasteiger partial charge is 0.281 e. The number of nitro benzene ring substituents is 1. The quantitative estimate of drug-likeness (QED) is 0.535. The molecule has 1 N–H and O–H groups in total. The molecule has 0 bridgehead atoms. The number of nitrogens with zero attached hydrogens (tertiary/aromatic N) is 3. The lowest BCUT2D eigenvalue weighted by Gasteiger charge is -2.17. The number of rotatable bonds is 3. The number of amides is 1. The van der Waals surface area contributed by atoms with Crippen LogP contribution < -0.4 is 4.90 Å². The zero-order chi connectivity index (χ0) is 16.6. The van der Waals surface area contributed by atoms with Gasteiger partial charge >= 0.3 is 0 Å². The van der Waals surface area contributed by atoms with Gasteiger partial charge in [-0.2, -0.15) is 0 Å². The van der Waals surface area contributed by atoms with Gasteiger partial charge in [0.15, 0.2) is 5.71 Å². The van der Waals surface area contributed by atoms with E-state index >= 15 is 0 Å². The molecule has 0 spiro atoms. The minimum atomic E-state index is -0.480. The topological polar surface area (TPSA) is 96.0 Å². The summed E-state index contributed by atoms with van der Waals surface area (Å²) in [5.74, 6) is -0.480. The van der Waals surface area contributed by atoms with Crippen molar-refractivity contribution < 1.29 is 14.9 Å². The highest BCUT2D eigenvalue weighted by Crippen LogP contribution is 2.32. The highest BCUT2D eigenvalue weighted by molar-refractivity contribution is 6.54. The highest BCUT2D eigenvalue weighted by atomic mass is 16.6. The Labute approximate surface area is 131 Å². The normalized spacial score (nSPS) is 15.1. The van der Waals surface area contributed by atoms with Gasteiger partial charge in [-0.3, -0.25) is 14.9 Å². The van der Waals surface area contributed by atoms with Crippen LogP contribution in [0.2, 0.25) is 0 Å². The van der Waals surface area contributed by atoms with Gasteiger partial charge in [0.25, 0.3) is 11.6 Å². The maximum atomic E-state index is 12.5. The predicted molar refractivity (Wildman–Crippen MR) is 83.8 cm³/mol. The maximum Gasteiger partial charge on any atom is 0.281 e. The second-order valence-electron chi connectivity index (χ2n) is 5.25. The van der Waals surface area contributed by atoms with Gasteiger partial charge in [0, 0.05) is 17.2 Å². The molecule has 7 nitrogen and oxygen atoms in total. The van der Waals surface area contributed by atoms with E-state index < -0.39 is 10.8 Å². The van der Waals surface area contributed by atoms with Gasteiger partial charge in [-0.15, -0.1) is 0 Å². The highest BCUT2D eigenvalue weighted by Gasteiger charge is 2.35. The molecule has 1 aliphatic rings. The molecule has 7 heteroatoms. The van der Waals surface area contributed by atoms with Gasteiger partial charge in [0.05, 0.1) is 17.2 Å². The molecule has 0 radical (unpaired) electrons. The van der Waals surface area contributed by atoms with Crippen molar-refractivity contribution in [3.8, 4) is 0 Å². The SMILES string of the molecule is Cc1ccc2c(c1)/C(=N/O)C(=O)N2Cc1ccccc1[N+](=O)[O-]. The monoisotopic (exact) mass is 311 g/mol. The summed E-state index contributed by atoms with van der Waals surface area (Å²) < 4.78 is 0. The molecule has 0 saturated carbocycles. The molecule has 23 heavy (non-hydrogen) atoms. The van der Waals surface area contributed by atoms with Crippen LogP contribution in [0.25, 0.3) is 0 Å². The third-order valence-electron chi connectivity index (χ3n) is 3.76. The first-order chi connectivity index (χ1) is 11.0. The van der Waals surface area contributed by atoms with Crippen molar-refractivity contribution >= 4 is 23.0 Å². The lowest BCUT2D eigenvalue weighted by atomic mass is 10.1. The summed E-state index contributed by atoms with van der Waals surface area (Å²) in [5.41, 5.74) is 2.33. The standard InChI is InChI=1S/C16H13N3O4/c1-10-6-7-14-12(8-10)15(17-21)16(20)18(14)9-11-4-2-3-5-13(11)19(22)23/h2-8,21H,9H2,1H3/b17-15-. The number of para-hydroxylation sites is 1. The van der Waals surface area contributed by atoms with Gasteiger partial charge in [-0.25, -0.2) is 0 Å². The lowest BCUT2D eigenvalue weighted by Crippen LogP contribution is -2.29. The lowest BCUT2D eigenvalue weighted by molar-refractivity contribution is -0.385. The molecule has 3 rings (SSSR count). The maximum absolute atomic E-state index is 12.5. The molecule has 1 amide bonds. The van der Waals surface area contributed by atoms with Crippen molar-refractivity contribution in [1.29, 1.82) is 0 Å². The van der Waals surface area contributed by atoms with Gasteiger partial charge in [-0.1, -0.05) is 35.0 Å². The number of nitro groups is 1. The molecular weight excluding hydrogens is 298 g/mol. The third kappa shape index (κ3) is 2.42. The van der Waals surface area contributed by atoms with Crippen LogP contribution in [0.5, 0.6) is 0 Å². The second-order valence-corrected chi connectivity index (χ2v) is 5.25. The summed E-state index contributed by atoms with van der Waals surface area (Å²) in [6, 6.07) is 11.6. The fourth-order valence-corrected chi connectivity index (χ4v) is 2.67. The Bertz CT molecular complexity index is 845. The van der Waals surface area contributed by atoms with Crippen molar-refractivity contribution in [1.82, 2.24) is 0 Å². The molecule has 0 aromatic heterocycles. The number of hydrogen-bond acceptors (Lipinski definition) is 5. The summed E-state index contributed by atoms with van der Waals surface area (Å²) in [6.07, 6.45) is 0. The summed E-state index contributed by atoms with van der Waals surface area (Å²) >= 11 is 0. The average molecular weight is 311 g/mol. The third-order valence-corrected chi connectivity index (χ3v) is 3.76. The minimum Gasteiger partial charge on any atom is -0.410 e. The molecule has 1 aliphatic heterocycles. The Hall–Kier alpha value is -3.22. The van der Waals surface area contributed by atoms with Crippen LogP contribution in [-0.4, -0.2) is 21.7 Å². The zero-order valence-electron chi connectivity index (χ0n) is 12.3. The molecule has 2 aromatic rings. The summed E-state index contributed by atoms with van der Waals surface area (Å²) in [6.45, 7) is 1.90. The van der Waals surface area contributed by atoms with Crippen molar-refractivity contribution in [3.63, 3.8) is 0 Å². The number of oxime groups is 1. The van der Waals surface area contributed by atoms with E-state index in [0.717, 1.165) is 5.56 Å². The summed E-state index contributed by atoms with van der Waals surface area (Å²) in [5, 5.41) is 23.4. The fraction of sp³-hybridized carbons (Fsp3) is 0.125. The first-order valence-electron chi connectivity index (χ1n) is 6.90. The number of aryl methyl sites for hydroxylation is 1. The van der Waals surface area contributed by atoms with Crippen LogP contribution in [0.1, 0.15) is 16.7 Å². The number of anilines is 1. The van der Waals surface area contributed by atoms with Crippen LogP contribution in [0.4, 0.5) is 11.4 Å². The summed E-state index contributed by atoms with van der Waals surface area (Å²) in [4.78, 5) is 24.5. The van der Waals surface area contributed by atoms with E-state index in [1.54, 1.807) is 30.3 Å². The molecular formula is C16H13N3O4. The van der Waals surface area contributed by atoms with Crippen LogP contribution in [0.15, 0.2) is 47.6 Å². The van der Waals surface area contributed by atoms with E-state index in [0.29, 0.717) is 16.8 Å². The van der Waals surface area contributed by atoms with Gasteiger partial charge < -0.3 is 10.1 Å². The predicted octanol–water partition coefficient (Wildman–Crippen LogP) is 2.63. The second kappa shape index (κ2) is 5.53. The van der Waals surface area contributed by atoms with Crippen LogP contribution in [0, 0.1) is 17.0 Å². The van der Waals surface area contributed by atoms with Crippen molar-refractivity contribution in [2.45, 2.75) is 13.5 Å². The first kappa shape index (κ1) is 14.7. The zero-order valence-corrected chi connectivity index (χ0v) is 12.3. The van der Waals surface area contributed by atoms with Gasteiger partial charge in [0.2, 0.25) is 0 Å². The number of benzene rings is 2. The molecule has 0 unspecified atom stereocenters. The molecule has 0 saturated heterocycles. The number of fused-ring (bicyclic) bond motifs is 1. The number of carbonyl (C=O) groups excluding carboxylic acids is 1. The van der Waals surface area contributed by atoms with E-state index in [9.17, 15) is 14.9 Å². The summed E-state index contributed by atoms with van der Waals surface area (Å²) in [7, 11) is 0. The van der Waals surface area contributed by atoms with Crippen LogP contribution >= 0.6 is 0 Å². The van der Waals surface area contributed by atoms with Gasteiger partial charge in [-0.05, 0) is 19.1 Å². The minimum absolute atomic E-state index is 0.0328. The Kier molecular flexibility index (Phi) is 3.53. The molecule has 0 aliphatic carbocycles.